The summed E-state index contributed by atoms with van der Waals surface area (Å²) >= 11 is 5.95. The summed E-state index contributed by atoms with van der Waals surface area (Å²) < 4.78 is 0. The maximum atomic E-state index is 12.3. The van der Waals surface area contributed by atoms with E-state index in [-0.39, 0.29) is 6.03 Å². The highest BCUT2D eigenvalue weighted by atomic mass is 35.5. The lowest BCUT2D eigenvalue weighted by molar-refractivity contribution is 0.0464. The Hall–Kier alpha value is -1.26. The second-order valence-electron chi connectivity index (χ2n) is 7.24. The standard InChI is InChI=1S/C18H28ClN3O/c1-13(2)9-21(10-14(3)4)17-11-22(12-17)18(23)20-16-7-5-6-15(19)8-16/h5-8,13-14,17H,9-12H2,1-4H3,(H,20,23). The lowest BCUT2D eigenvalue weighted by atomic mass is 10.0. The first kappa shape index (κ1) is 18.1. The monoisotopic (exact) mass is 337 g/mol. The third-order valence-corrected chi connectivity index (χ3v) is 4.18. The Morgan fingerprint density at radius 1 is 1.26 bits per heavy atom. The van der Waals surface area contributed by atoms with Gasteiger partial charge in [0, 0.05) is 42.9 Å². The molecule has 1 heterocycles. The van der Waals surface area contributed by atoms with Gasteiger partial charge in [0.05, 0.1) is 0 Å². The molecule has 1 saturated heterocycles. The fourth-order valence-corrected chi connectivity index (χ4v) is 3.12. The van der Waals surface area contributed by atoms with Crippen LogP contribution in [0.15, 0.2) is 24.3 Å². The number of urea groups is 1. The summed E-state index contributed by atoms with van der Waals surface area (Å²) in [6, 6.07) is 7.68. The molecular formula is C18H28ClN3O. The molecule has 0 atom stereocenters. The third-order valence-electron chi connectivity index (χ3n) is 3.94. The van der Waals surface area contributed by atoms with Gasteiger partial charge in [0.2, 0.25) is 0 Å². The van der Waals surface area contributed by atoms with E-state index in [4.69, 9.17) is 11.6 Å². The van der Waals surface area contributed by atoms with Crippen LogP contribution in [0.4, 0.5) is 10.5 Å². The van der Waals surface area contributed by atoms with Gasteiger partial charge in [-0.3, -0.25) is 4.90 Å². The number of nitrogens with zero attached hydrogens (tertiary/aromatic N) is 2. The molecule has 2 amide bonds. The van der Waals surface area contributed by atoms with E-state index in [0.29, 0.717) is 22.9 Å². The molecule has 23 heavy (non-hydrogen) atoms. The average Bonchev–Trinajstić information content (AvgIpc) is 2.34. The number of nitrogens with one attached hydrogen (secondary N) is 1. The average molecular weight is 338 g/mol. The summed E-state index contributed by atoms with van der Waals surface area (Å²) in [5, 5.41) is 3.54. The van der Waals surface area contributed by atoms with E-state index in [1.807, 2.05) is 17.0 Å². The van der Waals surface area contributed by atoms with Gasteiger partial charge in [-0.25, -0.2) is 4.79 Å². The molecule has 0 aliphatic carbocycles. The molecule has 1 aromatic carbocycles. The molecule has 128 valence electrons. The predicted molar refractivity (Wildman–Crippen MR) is 97.1 cm³/mol. The molecule has 0 spiro atoms. The van der Waals surface area contributed by atoms with Crippen molar-refractivity contribution in [1.82, 2.24) is 9.80 Å². The Bertz CT molecular complexity index is 517. The van der Waals surface area contributed by atoms with E-state index in [0.717, 1.165) is 31.9 Å². The van der Waals surface area contributed by atoms with Gasteiger partial charge in [0.15, 0.2) is 0 Å². The number of amides is 2. The molecule has 4 nitrogen and oxygen atoms in total. The van der Waals surface area contributed by atoms with Crippen LogP contribution in [0.1, 0.15) is 27.7 Å². The Balaban J connectivity index is 1.85. The lowest BCUT2D eigenvalue weighted by Gasteiger charge is -2.46. The summed E-state index contributed by atoms with van der Waals surface area (Å²) in [4.78, 5) is 16.7. The highest BCUT2D eigenvalue weighted by Gasteiger charge is 2.35. The fourth-order valence-electron chi connectivity index (χ4n) is 2.93. The van der Waals surface area contributed by atoms with Gasteiger partial charge < -0.3 is 10.2 Å². The molecule has 0 aromatic heterocycles. The highest BCUT2D eigenvalue weighted by molar-refractivity contribution is 6.30. The first-order valence-corrected chi connectivity index (χ1v) is 8.78. The molecule has 0 radical (unpaired) electrons. The minimum absolute atomic E-state index is 0.0439. The normalized spacial score (nSPS) is 15.4. The second-order valence-corrected chi connectivity index (χ2v) is 7.68. The molecule has 1 aliphatic rings. The molecule has 0 unspecified atom stereocenters. The molecule has 0 bridgehead atoms. The molecule has 0 saturated carbocycles. The van der Waals surface area contributed by atoms with Crippen molar-refractivity contribution < 1.29 is 4.79 Å². The zero-order valence-corrected chi connectivity index (χ0v) is 15.3. The molecule has 1 fully saturated rings. The van der Waals surface area contributed by atoms with Crippen molar-refractivity contribution in [3.8, 4) is 0 Å². The molecule has 1 aliphatic heterocycles. The second kappa shape index (κ2) is 8.02. The maximum absolute atomic E-state index is 12.3. The van der Waals surface area contributed by atoms with Gasteiger partial charge >= 0.3 is 6.03 Å². The number of rotatable bonds is 6. The van der Waals surface area contributed by atoms with Crippen LogP contribution in [0.3, 0.4) is 0 Å². The summed E-state index contributed by atoms with van der Waals surface area (Å²) in [6.07, 6.45) is 0. The smallest absolute Gasteiger partial charge is 0.321 e. The van der Waals surface area contributed by atoms with Crippen molar-refractivity contribution in [2.45, 2.75) is 33.7 Å². The first-order valence-electron chi connectivity index (χ1n) is 8.40. The quantitative estimate of drug-likeness (QED) is 0.845. The highest BCUT2D eigenvalue weighted by Crippen LogP contribution is 2.20. The van der Waals surface area contributed by atoms with E-state index in [1.165, 1.54) is 0 Å². The largest absolute Gasteiger partial charge is 0.321 e. The van der Waals surface area contributed by atoms with Crippen molar-refractivity contribution in [2.24, 2.45) is 11.8 Å². The Morgan fingerprint density at radius 3 is 2.39 bits per heavy atom. The molecule has 1 aromatic rings. The number of benzene rings is 1. The van der Waals surface area contributed by atoms with Crippen molar-refractivity contribution in [1.29, 1.82) is 0 Å². The third kappa shape index (κ3) is 5.40. The van der Waals surface area contributed by atoms with Crippen LogP contribution in [0.5, 0.6) is 0 Å². The zero-order chi connectivity index (χ0) is 17.0. The number of halogens is 1. The van der Waals surface area contributed by atoms with Crippen LogP contribution in [-0.2, 0) is 0 Å². The zero-order valence-electron chi connectivity index (χ0n) is 14.6. The van der Waals surface area contributed by atoms with E-state index in [1.54, 1.807) is 12.1 Å². The van der Waals surface area contributed by atoms with Crippen LogP contribution in [0.25, 0.3) is 0 Å². The number of likely N-dealkylation sites (tertiary alicyclic amines) is 1. The Labute approximate surface area is 144 Å². The van der Waals surface area contributed by atoms with E-state index >= 15 is 0 Å². The molecule has 5 heteroatoms. The fraction of sp³-hybridized carbons (Fsp3) is 0.611. The number of hydrogen-bond donors (Lipinski definition) is 1. The SMILES string of the molecule is CC(C)CN(CC(C)C)C1CN(C(=O)Nc2cccc(Cl)c2)C1. The Kier molecular flexibility index (Phi) is 6.31. The van der Waals surface area contributed by atoms with Gasteiger partial charge in [-0.2, -0.15) is 0 Å². The van der Waals surface area contributed by atoms with E-state index < -0.39 is 0 Å². The topological polar surface area (TPSA) is 35.6 Å². The van der Waals surface area contributed by atoms with Gasteiger partial charge in [-0.05, 0) is 30.0 Å². The van der Waals surface area contributed by atoms with Gasteiger partial charge in [0.1, 0.15) is 0 Å². The summed E-state index contributed by atoms with van der Waals surface area (Å²) in [5.41, 5.74) is 0.743. The Morgan fingerprint density at radius 2 is 1.87 bits per heavy atom. The van der Waals surface area contributed by atoms with Crippen LogP contribution in [0.2, 0.25) is 5.02 Å². The summed E-state index contributed by atoms with van der Waals surface area (Å²) in [7, 11) is 0. The number of anilines is 1. The van der Waals surface area contributed by atoms with Crippen molar-refractivity contribution in [3.05, 3.63) is 29.3 Å². The van der Waals surface area contributed by atoms with Crippen LogP contribution < -0.4 is 5.32 Å². The summed E-state index contributed by atoms with van der Waals surface area (Å²) in [5.74, 6) is 1.28. The van der Waals surface area contributed by atoms with Gasteiger partial charge in [-0.1, -0.05) is 45.4 Å². The van der Waals surface area contributed by atoms with E-state index in [9.17, 15) is 4.79 Å². The van der Waals surface area contributed by atoms with Gasteiger partial charge in [0.25, 0.3) is 0 Å². The molecular weight excluding hydrogens is 310 g/mol. The lowest BCUT2D eigenvalue weighted by Crippen LogP contribution is -2.62. The number of carbonyl (C=O) groups excluding carboxylic acids is 1. The minimum Gasteiger partial charge on any atom is -0.321 e. The van der Waals surface area contributed by atoms with Crippen molar-refractivity contribution in [3.63, 3.8) is 0 Å². The van der Waals surface area contributed by atoms with Gasteiger partial charge in [-0.15, -0.1) is 0 Å². The predicted octanol–water partition coefficient (Wildman–Crippen LogP) is 4.17. The first-order chi connectivity index (χ1) is 10.8. The maximum Gasteiger partial charge on any atom is 0.321 e. The van der Waals surface area contributed by atoms with Crippen LogP contribution >= 0.6 is 11.6 Å². The van der Waals surface area contributed by atoms with Crippen molar-refractivity contribution >= 4 is 23.3 Å². The minimum atomic E-state index is -0.0439. The summed E-state index contributed by atoms with van der Waals surface area (Å²) in [6.45, 7) is 12.8. The molecule has 2 rings (SSSR count). The number of carbonyl (C=O) groups is 1. The number of hydrogen-bond acceptors (Lipinski definition) is 2. The van der Waals surface area contributed by atoms with Crippen LogP contribution in [0, 0.1) is 11.8 Å². The van der Waals surface area contributed by atoms with E-state index in [2.05, 4.69) is 37.9 Å². The van der Waals surface area contributed by atoms with Crippen LogP contribution in [-0.4, -0.2) is 48.1 Å². The van der Waals surface area contributed by atoms with Crippen molar-refractivity contribution in [2.75, 3.05) is 31.5 Å². The molecule has 1 N–H and O–H groups in total.